The number of fused-ring (bicyclic) bond motifs is 2. The van der Waals surface area contributed by atoms with Gasteiger partial charge in [0.15, 0.2) is 5.13 Å². The minimum absolute atomic E-state index is 0.0854. The molecule has 44 heavy (non-hydrogen) atoms. The number of anilines is 1. The third-order valence-corrected chi connectivity index (χ3v) is 9.99. The molecule has 3 atom stereocenters. The van der Waals surface area contributed by atoms with Crippen molar-refractivity contribution in [2.75, 3.05) is 38.2 Å². The maximum Gasteiger partial charge on any atom is 0.243 e. The van der Waals surface area contributed by atoms with Crippen LogP contribution in [-0.4, -0.2) is 72.5 Å². The molecular weight excluding hydrogens is 581 g/mol. The van der Waals surface area contributed by atoms with Crippen LogP contribution in [0, 0.1) is 17.2 Å². The Morgan fingerprint density at radius 3 is 2.75 bits per heavy atom. The molecule has 2 aromatic carbocycles. The molecule has 3 aliphatic heterocycles. The number of carbonyl (C=O) groups is 3. The second-order valence-electron chi connectivity index (χ2n) is 12.1. The van der Waals surface area contributed by atoms with Crippen LogP contribution in [0.2, 0.25) is 0 Å². The van der Waals surface area contributed by atoms with Crippen molar-refractivity contribution in [3.63, 3.8) is 0 Å². The molecule has 6 rings (SSSR count). The number of allylic oxidation sites excluding steroid dienone is 2. The van der Waals surface area contributed by atoms with Gasteiger partial charge in [0.1, 0.15) is 11.9 Å². The van der Waals surface area contributed by atoms with Crippen LogP contribution < -0.4 is 16.0 Å². The summed E-state index contributed by atoms with van der Waals surface area (Å²) < 4.78 is 19.9. The van der Waals surface area contributed by atoms with E-state index in [2.05, 4.69) is 38.0 Å². The molecule has 232 valence electrons. The molecule has 11 heteroatoms. The zero-order valence-corrected chi connectivity index (χ0v) is 25.4. The van der Waals surface area contributed by atoms with Gasteiger partial charge in [0.2, 0.25) is 17.7 Å². The van der Waals surface area contributed by atoms with E-state index in [9.17, 15) is 18.8 Å². The van der Waals surface area contributed by atoms with Gasteiger partial charge in [0.25, 0.3) is 0 Å². The quantitative estimate of drug-likeness (QED) is 0.372. The summed E-state index contributed by atoms with van der Waals surface area (Å²) in [6.45, 7) is 2.52. The molecule has 3 N–H and O–H groups in total. The lowest BCUT2D eigenvalue weighted by atomic mass is 9.75. The number of likely N-dealkylation sites (tertiary alicyclic amines) is 1. The molecule has 0 saturated carbocycles. The molecule has 9 nitrogen and oxygen atoms in total. The highest BCUT2D eigenvalue weighted by molar-refractivity contribution is 7.22. The SMILES string of the molecule is O=C(CN1CC[C@H]2NC(=O)[C@@H](Cc3ccccc3)NC(=O)C3(C/C=C/C[C@H]2C1)CCOCC3)Nc1nc2ccc(F)cc2s1. The Bertz CT molecular complexity index is 1520. The first kappa shape index (κ1) is 30.4. The van der Waals surface area contributed by atoms with Gasteiger partial charge in [-0.05, 0) is 61.8 Å². The van der Waals surface area contributed by atoms with Gasteiger partial charge in [-0.3, -0.25) is 19.3 Å². The Morgan fingerprint density at radius 2 is 1.93 bits per heavy atom. The van der Waals surface area contributed by atoms with Crippen molar-refractivity contribution in [2.24, 2.45) is 11.3 Å². The predicted molar refractivity (Wildman–Crippen MR) is 168 cm³/mol. The van der Waals surface area contributed by atoms with Crippen LogP contribution in [0.4, 0.5) is 9.52 Å². The Morgan fingerprint density at radius 1 is 1.11 bits per heavy atom. The number of piperidine rings is 1. The highest BCUT2D eigenvalue weighted by atomic mass is 32.1. The van der Waals surface area contributed by atoms with E-state index in [-0.39, 0.29) is 42.0 Å². The van der Waals surface area contributed by atoms with Gasteiger partial charge in [0, 0.05) is 38.8 Å². The van der Waals surface area contributed by atoms with Crippen molar-refractivity contribution in [1.82, 2.24) is 20.5 Å². The minimum atomic E-state index is -0.695. The number of ether oxygens (including phenoxy) is 1. The number of halogens is 1. The van der Waals surface area contributed by atoms with Crippen LogP contribution in [0.15, 0.2) is 60.7 Å². The summed E-state index contributed by atoms with van der Waals surface area (Å²) in [6, 6.07) is 13.4. The van der Waals surface area contributed by atoms with E-state index in [0.717, 1.165) is 12.0 Å². The fourth-order valence-corrected chi connectivity index (χ4v) is 7.42. The summed E-state index contributed by atoms with van der Waals surface area (Å²) in [5.74, 6) is -0.680. The van der Waals surface area contributed by atoms with Crippen molar-refractivity contribution in [2.45, 2.75) is 50.6 Å². The fraction of sp³-hybridized carbons (Fsp3) is 0.455. The van der Waals surface area contributed by atoms with Crippen molar-refractivity contribution < 1.29 is 23.5 Å². The lowest BCUT2D eigenvalue weighted by Crippen LogP contribution is -2.58. The van der Waals surface area contributed by atoms with Crippen LogP contribution in [0.3, 0.4) is 0 Å². The van der Waals surface area contributed by atoms with E-state index in [1.807, 2.05) is 30.3 Å². The van der Waals surface area contributed by atoms with Crippen molar-refractivity contribution in [3.8, 4) is 0 Å². The number of carbonyl (C=O) groups excluding carboxylic acids is 3. The van der Waals surface area contributed by atoms with Crippen molar-refractivity contribution in [1.29, 1.82) is 0 Å². The maximum absolute atomic E-state index is 13.8. The van der Waals surface area contributed by atoms with Gasteiger partial charge in [-0.15, -0.1) is 0 Å². The molecule has 1 aromatic heterocycles. The molecular formula is C33H38FN5O4S. The molecule has 0 unspecified atom stereocenters. The molecule has 4 heterocycles. The number of benzene rings is 2. The first-order chi connectivity index (χ1) is 21.4. The van der Waals surface area contributed by atoms with Gasteiger partial charge in [-0.1, -0.05) is 53.8 Å². The number of amides is 3. The van der Waals surface area contributed by atoms with Crippen LogP contribution in [0.25, 0.3) is 10.2 Å². The van der Waals surface area contributed by atoms with Gasteiger partial charge in [-0.2, -0.15) is 0 Å². The summed E-state index contributed by atoms with van der Waals surface area (Å²) in [5, 5.41) is 9.72. The van der Waals surface area contributed by atoms with Crippen molar-refractivity contribution >= 4 is 44.4 Å². The molecule has 0 aliphatic carbocycles. The molecule has 3 aromatic rings. The van der Waals surface area contributed by atoms with E-state index in [0.29, 0.717) is 73.8 Å². The summed E-state index contributed by atoms with van der Waals surface area (Å²) in [5.41, 5.74) is 1.02. The second-order valence-corrected chi connectivity index (χ2v) is 13.1. The van der Waals surface area contributed by atoms with E-state index >= 15 is 0 Å². The Hall–Kier alpha value is -3.67. The fourth-order valence-electron chi connectivity index (χ4n) is 6.51. The van der Waals surface area contributed by atoms with E-state index < -0.39 is 11.5 Å². The minimum Gasteiger partial charge on any atom is -0.381 e. The number of hydrogen-bond acceptors (Lipinski definition) is 7. The highest BCUT2D eigenvalue weighted by Crippen LogP contribution is 2.36. The number of nitrogens with zero attached hydrogens (tertiary/aromatic N) is 2. The Kier molecular flexibility index (Phi) is 9.34. The Balaban J connectivity index is 1.16. The smallest absolute Gasteiger partial charge is 0.243 e. The summed E-state index contributed by atoms with van der Waals surface area (Å²) in [4.78, 5) is 47.0. The lowest BCUT2D eigenvalue weighted by molar-refractivity contribution is -0.140. The lowest BCUT2D eigenvalue weighted by Gasteiger charge is -2.40. The first-order valence-electron chi connectivity index (χ1n) is 15.3. The van der Waals surface area contributed by atoms with Gasteiger partial charge >= 0.3 is 0 Å². The highest BCUT2D eigenvalue weighted by Gasteiger charge is 2.41. The number of rotatable bonds is 5. The third kappa shape index (κ3) is 7.17. The largest absolute Gasteiger partial charge is 0.381 e. The normalized spacial score (nSPS) is 25.2. The first-order valence-corrected chi connectivity index (χ1v) is 16.1. The molecule has 2 saturated heterocycles. The average Bonchev–Trinajstić information content (AvgIpc) is 3.41. The van der Waals surface area contributed by atoms with Crippen LogP contribution >= 0.6 is 11.3 Å². The van der Waals surface area contributed by atoms with E-state index in [1.165, 1.54) is 23.5 Å². The van der Waals surface area contributed by atoms with Crippen LogP contribution in [-0.2, 0) is 25.5 Å². The van der Waals surface area contributed by atoms with Crippen molar-refractivity contribution in [3.05, 3.63) is 72.1 Å². The zero-order chi connectivity index (χ0) is 30.5. The number of hydrogen-bond donors (Lipinski definition) is 3. The molecule has 0 radical (unpaired) electrons. The van der Waals surface area contributed by atoms with Gasteiger partial charge < -0.3 is 20.7 Å². The predicted octanol–water partition coefficient (Wildman–Crippen LogP) is 4.05. The van der Waals surface area contributed by atoms with Crippen LogP contribution in [0.1, 0.15) is 37.7 Å². The number of aromatic nitrogens is 1. The molecule has 1 spiro atoms. The monoisotopic (exact) mass is 619 g/mol. The van der Waals surface area contributed by atoms with Gasteiger partial charge in [-0.25, -0.2) is 9.37 Å². The average molecular weight is 620 g/mol. The Labute approximate surface area is 260 Å². The zero-order valence-electron chi connectivity index (χ0n) is 24.6. The molecule has 2 fully saturated rings. The summed E-state index contributed by atoms with van der Waals surface area (Å²) in [6.07, 6.45) is 7.87. The topological polar surface area (TPSA) is 113 Å². The second kappa shape index (κ2) is 13.5. The maximum atomic E-state index is 13.8. The molecule has 3 amide bonds. The molecule has 0 bridgehead atoms. The summed E-state index contributed by atoms with van der Waals surface area (Å²) in [7, 11) is 0. The summed E-state index contributed by atoms with van der Waals surface area (Å²) >= 11 is 1.25. The standard InChI is InChI=1S/C33H38FN5O4S/c34-24-9-10-26-28(19-24)44-32(37-26)38-29(40)21-39-15-11-25-23(20-39)8-4-5-12-33(13-16-43-17-14-33)31(42)36-27(30(41)35-25)18-22-6-2-1-3-7-22/h1-7,9-10,19,23,25,27H,8,11-18,20-21H2,(H,35,41)(H,36,42)(H,37,38,40)/b5-4+/t23-,25+,27+/m0/s1. The van der Waals surface area contributed by atoms with E-state index in [4.69, 9.17) is 4.74 Å². The van der Waals surface area contributed by atoms with Gasteiger partial charge in [0.05, 0.1) is 22.2 Å². The van der Waals surface area contributed by atoms with Crippen LogP contribution in [0.5, 0.6) is 0 Å². The number of thiazole rings is 1. The third-order valence-electron chi connectivity index (χ3n) is 9.06. The molecule has 3 aliphatic rings. The van der Waals surface area contributed by atoms with E-state index in [1.54, 1.807) is 6.07 Å². The number of nitrogens with one attached hydrogen (secondary N) is 3.